The molecule has 0 radical (unpaired) electrons. The first-order chi connectivity index (χ1) is 11.8. The molecule has 9 heteroatoms. The Labute approximate surface area is 149 Å². The highest BCUT2D eigenvalue weighted by atomic mass is 32.1. The van der Waals surface area contributed by atoms with Crippen LogP contribution in [0, 0.1) is 0 Å². The molecule has 0 spiro atoms. The molecule has 0 atom stereocenters. The largest absolute Gasteiger partial charge is 0.434 e. The van der Waals surface area contributed by atoms with Gasteiger partial charge in [-0.25, -0.2) is 4.98 Å². The van der Waals surface area contributed by atoms with E-state index in [2.05, 4.69) is 20.6 Å². The van der Waals surface area contributed by atoms with Crippen LogP contribution in [0.2, 0.25) is 0 Å². The van der Waals surface area contributed by atoms with Crippen LogP contribution in [0.25, 0.3) is 0 Å². The molecule has 1 fully saturated rings. The van der Waals surface area contributed by atoms with Crippen LogP contribution >= 0.6 is 11.3 Å². The maximum absolute atomic E-state index is 12.5. The van der Waals surface area contributed by atoms with Crippen molar-refractivity contribution in [3.8, 4) is 0 Å². The minimum atomic E-state index is -4.39. The van der Waals surface area contributed by atoms with Crippen molar-refractivity contribution < 1.29 is 18.3 Å². The molecule has 0 aromatic carbocycles. The van der Waals surface area contributed by atoms with Crippen molar-refractivity contribution in [3.63, 3.8) is 0 Å². The Hall–Kier alpha value is -1.35. The number of hydrogen-bond donors (Lipinski definition) is 3. The molecule has 1 aliphatic carbocycles. The topological polar surface area (TPSA) is 69.5 Å². The first-order valence-electron chi connectivity index (χ1n) is 8.58. The van der Waals surface area contributed by atoms with Crippen molar-refractivity contribution in [2.24, 2.45) is 4.99 Å². The fourth-order valence-electron chi connectivity index (χ4n) is 2.78. The van der Waals surface area contributed by atoms with E-state index in [1.807, 2.05) is 6.92 Å². The van der Waals surface area contributed by atoms with Crippen molar-refractivity contribution in [1.29, 1.82) is 0 Å². The third kappa shape index (κ3) is 6.47. The number of hydrogen-bond acceptors (Lipinski definition) is 4. The Bertz CT molecular complexity index is 568. The molecule has 5 nitrogen and oxygen atoms in total. The molecule has 25 heavy (non-hydrogen) atoms. The van der Waals surface area contributed by atoms with Crippen LogP contribution in [0.4, 0.5) is 13.2 Å². The summed E-state index contributed by atoms with van der Waals surface area (Å²) in [5.74, 6) is 0.564. The first kappa shape index (κ1) is 20.0. The Morgan fingerprint density at radius 3 is 2.64 bits per heavy atom. The smallest absolute Gasteiger partial charge is 0.388 e. The summed E-state index contributed by atoms with van der Waals surface area (Å²) < 4.78 is 37.6. The SMILES string of the molecule is CCNC(=NCC1(O)CCCCC1)NCCc1nc(C(F)(F)F)cs1. The van der Waals surface area contributed by atoms with E-state index >= 15 is 0 Å². The predicted octanol–water partition coefficient (Wildman–Crippen LogP) is 2.95. The molecule has 1 saturated carbocycles. The summed E-state index contributed by atoms with van der Waals surface area (Å²) in [7, 11) is 0. The van der Waals surface area contributed by atoms with Crippen molar-refractivity contribution in [2.45, 2.75) is 57.2 Å². The Balaban J connectivity index is 1.84. The molecule has 0 amide bonds. The normalized spacial score (nSPS) is 18.2. The zero-order valence-corrected chi connectivity index (χ0v) is 15.1. The number of aliphatic hydroxyl groups is 1. The summed E-state index contributed by atoms with van der Waals surface area (Å²) in [6.45, 7) is 3.36. The zero-order chi connectivity index (χ0) is 18.3. The summed E-state index contributed by atoms with van der Waals surface area (Å²) in [4.78, 5) is 8.04. The standard InChI is InChI=1S/C16H25F3N4OS/c1-2-20-14(22-11-15(24)7-4-3-5-8-15)21-9-6-13-23-12(10-25-13)16(17,18)19/h10,24H,2-9,11H2,1H3,(H2,20,21,22). The van der Waals surface area contributed by atoms with Crippen LogP contribution in [0.3, 0.4) is 0 Å². The maximum atomic E-state index is 12.5. The lowest BCUT2D eigenvalue weighted by atomic mass is 9.85. The van der Waals surface area contributed by atoms with Crippen LogP contribution in [0.15, 0.2) is 10.4 Å². The number of alkyl halides is 3. The van der Waals surface area contributed by atoms with Gasteiger partial charge in [-0.3, -0.25) is 4.99 Å². The van der Waals surface area contributed by atoms with Gasteiger partial charge in [0, 0.05) is 24.9 Å². The number of nitrogens with one attached hydrogen (secondary N) is 2. The average Bonchev–Trinajstić information content (AvgIpc) is 3.03. The number of nitrogens with zero attached hydrogens (tertiary/aromatic N) is 2. The van der Waals surface area contributed by atoms with Crippen molar-refractivity contribution in [2.75, 3.05) is 19.6 Å². The molecule has 0 unspecified atom stereocenters. The summed E-state index contributed by atoms with van der Waals surface area (Å²) in [5.41, 5.74) is -1.58. The molecule has 1 aliphatic rings. The minimum Gasteiger partial charge on any atom is -0.388 e. The van der Waals surface area contributed by atoms with Gasteiger partial charge in [-0.1, -0.05) is 19.3 Å². The van der Waals surface area contributed by atoms with Gasteiger partial charge in [0.25, 0.3) is 0 Å². The number of aliphatic imine (C=N–C) groups is 1. The molecule has 3 N–H and O–H groups in total. The summed E-state index contributed by atoms with van der Waals surface area (Å²) in [5, 5.41) is 18.1. The van der Waals surface area contributed by atoms with Gasteiger partial charge in [-0.15, -0.1) is 11.3 Å². The van der Waals surface area contributed by atoms with E-state index in [9.17, 15) is 18.3 Å². The van der Waals surface area contributed by atoms with E-state index in [0.717, 1.165) is 48.8 Å². The van der Waals surface area contributed by atoms with E-state index in [0.29, 0.717) is 37.0 Å². The minimum absolute atomic E-state index is 0.331. The number of aromatic nitrogens is 1. The lowest BCUT2D eigenvalue weighted by molar-refractivity contribution is -0.140. The van der Waals surface area contributed by atoms with E-state index in [1.54, 1.807) is 0 Å². The third-order valence-corrected chi connectivity index (χ3v) is 5.04. The van der Waals surface area contributed by atoms with E-state index < -0.39 is 17.5 Å². The summed E-state index contributed by atoms with van der Waals surface area (Å²) >= 11 is 1.01. The maximum Gasteiger partial charge on any atom is 0.434 e. The average molecular weight is 378 g/mol. The lowest BCUT2D eigenvalue weighted by Gasteiger charge is -2.30. The highest BCUT2D eigenvalue weighted by molar-refractivity contribution is 7.09. The first-order valence-corrected chi connectivity index (χ1v) is 9.46. The molecule has 0 bridgehead atoms. The number of thiazole rings is 1. The van der Waals surface area contributed by atoms with E-state index in [1.165, 1.54) is 0 Å². The lowest BCUT2D eigenvalue weighted by Crippen LogP contribution is -2.41. The molecular weight excluding hydrogens is 353 g/mol. The zero-order valence-electron chi connectivity index (χ0n) is 14.3. The second kappa shape index (κ2) is 8.84. The van der Waals surface area contributed by atoms with Crippen LogP contribution in [-0.4, -0.2) is 41.3 Å². The molecular formula is C16H25F3N4OS. The Kier molecular flexibility index (Phi) is 7.06. The summed E-state index contributed by atoms with van der Waals surface area (Å²) in [6.07, 6.45) is 0.690. The highest BCUT2D eigenvalue weighted by Crippen LogP contribution is 2.30. The van der Waals surface area contributed by atoms with Gasteiger partial charge in [0.15, 0.2) is 11.7 Å². The van der Waals surface area contributed by atoms with E-state index in [-0.39, 0.29) is 0 Å². The Morgan fingerprint density at radius 1 is 1.32 bits per heavy atom. The predicted molar refractivity (Wildman–Crippen MR) is 92.8 cm³/mol. The Morgan fingerprint density at radius 2 is 2.04 bits per heavy atom. The van der Waals surface area contributed by atoms with Gasteiger partial charge < -0.3 is 15.7 Å². The van der Waals surface area contributed by atoms with Crippen LogP contribution in [0.5, 0.6) is 0 Å². The number of guanidine groups is 1. The second-order valence-electron chi connectivity index (χ2n) is 6.28. The van der Waals surface area contributed by atoms with Gasteiger partial charge in [0.05, 0.1) is 17.2 Å². The third-order valence-electron chi connectivity index (χ3n) is 4.13. The van der Waals surface area contributed by atoms with Gasteiger partial charge >= 0.3 is 6.18 Å². The van der Waals surface area contributed by atoms with Gasteiger partial charge in [-0.2, -0.15) is 13.2 Å². The van der Waals surface area contributed by atoms with Crippen molar-refractivity contribution in [3.05, 3.63) is 16.1 Å². The molecule has 1 heterocycles. The molecule has 2 rings (SSSR count). The second-order valence-corrected chi connectivity index (χ2v) is 7.22. The molecule has 0 saturated heterocycles. The number of rotatable bonds is 6. The molecule has 1 aromatic heterocycles. The van der Waals surface area contributed by atoms with Gasteiger partial charge in [-0.05, 0) is 19.8 Å². The van der Waals surface area contributed by atoms with Crippen molar-refractivity contribution in [1.82, 2.24) is 15.6 Å². The quantitative estimate of drug-likeness (QED) is 0.526. The van der Waals surface area contributed by atoms with Crippen molar-refractivity contribution >= 4 is 17.3 Å². The van der Waals surface area contributed by atoms with Gasteiger partial charge in [0.2, 0.25) is 0 Å². The molecule has 1 aromatic rings. The molecule has 142 valence electrons. The highest BCUT2D eigenvalue weighted by Gasteiger charge is 2.33. The molecule has 0 aliphatic heterocycles. The fraction of sp³-hybridized carbons (Fsp3) is 0.750. The monoisotopic (exact) mass is 378 g/mol. The summed E-state index contributed by atoms with van der Waals surface area (Å²) in [6, 6.07) is 0. The fourth-order valence-corrected chi connectivity index (χ4v) is 3.58. The number of halogens is 3. The van der Waals surface area contributed by atoms with Crippen LogP contribution < -0.4 is 10.6 Å². The van der Waals surface area contributed by atoms with Crippen LogP contribution in [-0.2, 0) is 12.6 Å². The van der Waals surface area contributed by atoms with Gasteiger partial charge in [0.1, 0.15) is 0 Å². The van der Waals surface area contributed by atoms with Crippen LogP contribution in [0.1, 0.15) is 49.7 Å². The van der Waals surface area contributed by atoms with E-state index in [4.69, 9.17) is 0 Å².